The Morgan fingerprint density at radius 2 is 2.22 bits per heavy atom. The third kappa shape index (κ3) is 2.68. The summed E-state index contributed by atoms with van der Waals surface area (Å²) >= 11 is 9.20. The van der Waals surface area contributed by atoms with Gasteiger partial charge in [-0.25, -0.2) is 0 Å². The van der Waals surface area contributed by atoms with Crippen molar-refractivity contribution in [3.63, 3.8) is 0 Å². The molecule has 2 rings (SSSR count). The Morgan fingerprint density at radius 1 is 1.50 bits per heavy atom. The van der Waals surface area contributed by atoms with Crippen LogP contribution in [0.25, 0.3) is 10.9 Å². The third-order valence-electron chi connectivity index (χ3n) is 2.86. The smallest absolute Gasteiger partial charge is 0.193 e. The Morgan fingerprint density at radius 3 is 2.89 bits per heavy atom. The van der Waals surface area contributed by atoms with E-state index < -0.39 is 0 Å². The molecule has 0 aliphatic rings. The molecule has 1 N–H and O–H groups in total. The summed E-state index contributed by atoms with van der Waals surface area (Å²) in [6.07, 6.45) is 2.40. The van der Waals surface area contributed by atoms with Crippen LogP contribution in [0.4, 0.5) is 0 Å². The number of hydrogen-bond donors (Lipinski definition) is 1. The Balaban J connectivity index is 2.67. The van der Waals surface area contributed by atoms with E-state index in [1.165, 1.54) is 0 Å². The molecule has 1 aromatic heterocycles. The van der Waals surface area contributed by atoms with Crippen molar-refractivity contribution in [2.45, 2.75) is 20.3 Å². The van der Waals surface area contributed by atoms with E-state index in [1.54, 1.807) is 0 Å². The lowest BCUT2D eigenvalue weighted by atomic mass is 10.1. The second-order valence-electron chi connectivity index (χ2n) is 4.24. The van der Waals surface area contributed by atoms with E-state index >= 15 is 0 Å². The van der Waals surface area contributed by atoms with Crippen LogP contribution in [0, 0.1) is 6.92 Å². The molecule has 4 heteroatoms. The van der Waals surface area contributed by atoms with Crippen molar-refractivity contribution in [3.05, 3.63) is 55.3 Å². The van der Waals surface area contributed by atoms with Crippen molar-refractivity contribution in [3.8, 4) is 0 Å². The number of allylic oxidation sites excluding steroid dienone is 2. The Kier molecular flexibility index (Phi) is 3.93. The quantitative estimate of drug-likeness (QED) is 0.877. The highest BCUT2D eigenvalue weighted by Gasteiger charge is 2.08. The molecular weight excluding hydrogens is 314 g/mol. The van der Waals surface area contributed by atoms with Gasteiger partial charge in [0.05, 0.1) is 0 Å². The fourth-order valence-corrected chi connectivity index (χ4v) is 2.35. The molecule has 0 saturated carbocycles. The van der Waals surface area contributed by atoms with Crippen LogP contribution in [0.15, 0.2) is 38.6 Å². The van der Waals surface area contributed by atoms with Gasteiger partial charge in [-0.3, -0.25) is 4.79 Å². The van der Waals surface area contributed by atoms with Gasteiger partial charge in [0.15, 0.2) is 5.43 Å². The van der Waals surface area contributed by atoms with Crippen LogP contribution in [-0.2, 0) is 6.42 Å². The molecule has 1 aromatic carbocycles. The number of aromatic amines is 1. The van der Waals surface area contributed by atoms with Crippen molar-refractivity contribution in [2.24, 2.45) is 0 Å². The van der Waals surface area contributed by atoms with Gasteiger partial charge in [0, 0.05) is 31.7 Å². The summed E-state index contributed by atoms with van der Waals surface area (Å²) in [5.74, 6) is 0. The lowest BCUT2D eigenvalue weighted by Gasteiger charge is -2.06. The number of aryl methyl sites for hydroxylation is 1. The molecule has 2 aromatic rings. The van der Waals surface area contributed by atoms with Gasteiger partial charge < -0.3 is 4.98 Å². The highest BCUT2D eigenvalue weighted by Crippen LogP contribution is 2.17. The lowest BCUT2D eigenvalue weighted by Crippen LogP contribution is -2.12. The highest BCUT2D eigenvalue weighted by molar-refractivity contribution is 9.10. The Hall–Kier alpha value is -1.06. The maximum Gasteiger partial charge on any atom is 0.193 e. The molecule has 0 amide bonds. The maximum atomic E-state index is 12.4. The van der Waals surface area contributed by atoms with Gasteiger partial charge in [-0.1, -0.05) is 33.6 Å². The first-order valence-corrected chi connectivity index (χ1v) is 6.79. The van der Waals surface area contributed by atoms with Crippen molar-refractivity contribution in [2.75, 3.05) is 0 Å². The summed E-state index contributed by atoms with van der Waals surface area (Å²) in [4.78, 5) is 15.7. The summed E-state index contributed by atoms with van der Waals surface area (Å²) in [5, 5.41) is 1.40. The van der Waals surface area contributed by atoms with Crippen LogP contribution in [0.1, 0.15) is 18.2 Å². The summed E-state index contributed by atoms with van der Waals surface area (Å²) in [6.45, 7) is 3.72. The van der Waals surface area contributed by atoms with E-state index in [4.69, 9.17) is 11.6 Å². The SMILES string of the molecule is CC(Cl)=CCc1c(C)[nH]c2ccc(Br)cc2c1=O. The van der Waals surface area contributed by atoms with Crippen LogP contribution in [-0.4, -0.2) is 4.98 Å². The zero-order valence-corrected chi connectivity index (χ0v) is 12.5. The number of rotatable bonds is 2. The minimum Gasteiger partial charge on any atom is -0.358 e. The summed E-state index contributed by atoms with van der Waals surface area (Å²) in [7, 11) is 0. The summed E-state index contributed by atoms with van der Waals surface area (Å²) in [6, 6.07) is 5.66. The first kappa shape index (κ1) is 13.4. The van der Waals surface area contributed by atoms with Gasteiger partial charge in [-0.2, -0.15) is 0 Å². The van der Waals surface area contributed by atoms with Gasteiger partial charge in [0.1, 0.15) is 0 Å². The van der Waals surface area contributed by atoms with Crippen molar-refractivity contribution in [1.29, 1.82) is 0 Å². The molecule has 94 valence electrons. The zero-order chi connectivity index (χ0) is 13.3. The second kappa shape index (κ2) is 5.29. The first-order valence-electron chi connectivity index (χ1n) is 5.62. The van der Waals surface area contributed by atoms with Gasteiger partial charge in [-0.05, 0) is 38.5 Å². The molecule has 0 unspecified atom stereocenters. The van der Waals surface area contributed by atoms with Gasteiger partial charge in [-0.15, -0.1) is 0 Å². The molecule has 0 atom stereocenters. The molecule has 0 spiro atoms. The standard InChI is InChI=1S/C14H13BrClNO/c1-8(16)3-5-11-9(2)17-13-6-4-10(15)7-12(13)14(11)18/h3-4,6-7H,5H2,1-2H3,(H,17,18). The Bertz CT molecular complexity index is 684. The van der Waals surface area contributed by atoms with Crippen LogP contribution in [0.5, 0.6) is 0 Å². The number of nitrogens with one attached hydrogen (secondary N) is 1. The number of H-pyrrole nitrogens is 1. The lowest BCUT2D eigenvalue weighted by molar-refractivity contribution is 1.11. The number of pyridine rings is 1. The van der Waals surface area contributed by atoms with Crippen LogP contribution in [0.3, 0.4) is 0 Å². The molecule has 18 heavy (non-hydrogen) atoms. The fourth-order valence-electron chi connectivity index (χ4n) is 1.91. The van der Waals surface area contributed by atoms with Crippen LogP contribution in [0.2, 0.25) is 0 Å². The van der Waals surface area contributed by atoms with E-state index in [0.29, 0.717) is 16.8 Å². The normalized spacial score (nSPS) is 12.1. The molecular formula is C14H13BrClNO. The minimum absolute atomic E-state index is 0.0664. The van der Waals surface area contributed by atoms with E-state index in [1.807, 2.05) is 38.1 Å². The van der Waals surface area contributed by atoms with Gasteiger partial charge in [0.25, 0.3) is 0 Å². The number of aromatic nitrogens is 1. The molecule has 0 radical (unpaired) electrons. The highest BCUT2D eigenvalue weighted by atomic mass is 79.9. The van der Waals surface area contributed by atoms with Crippen LogP contribution >= 0.6 is 27.5 Å². The minimum atomic E-state index is 0.0664. The predicted octanol–water partition coefficient (Wildman–Crippen LogP) is 4.28. The second-order valence-corrected chi connectivity index (χ2v) is 5.75. The molecule has 0 aliphatic heterocycles. The molecule has 1 heterocycles. The molecule has 0 saturated heterocycles. The first-order chi connectivity index (χ1) is 8.49. The molecule has 0 fully saturated rings. The van der Waals surface area contributed by atoms with Crippen molar-refractivity contribution in [1.82, 2.24) is 4.98 Å². The largest absolute Gasteiger partial charge is 0.358 e. The number of halogens is 2. The Labute approximate surface area is 119 Å². The maximum absolute atomic E-state index is 12.4. The van der Waals surface area contributed by atoms with E-state index in [2.05, 4.69) is 20.9 Å². The number of fused-ring (bicyclic) bond motifs is 1. The van der Waals surface area contributed by atoms with E-state index in [0.717, 1.165) is 21.2 Å². The van der Waals surface area contributed by atoms with E-state index in [-0.39, 0.29) is 5.43 Å². The third-order valence-corrected chi connectivity index (χ3v) is 3.51. The average Bonchev–Trinajstić information content (AvgIpc) is 2.30. The molecule has 0 bridgehead atoms. The van der Waals surface area contributed by atoms with Crippen LogP contribution < -0.4 is 5.43 Å². The molecule has 0 aliphatic carbocycles. The average molecular weight is 327 g/mol. The summed E-state index contributed by atoms with van der Waals surface area (Å²) < 4.78 is 0.902. The number of benzene rings is 1. The van der Waals surface area contributed by atoms with Gasteiger partial charge in [0.2, 0.25) is 0 Å². The number of hydrogen-bond acceptors (Lipinski definition) is 1. The van der Waals surface area contributed by atoms with Gasteiger partial charge >= 0.3 is 0 Å². The van der Waals surface area contributed by atoms with E-state index in [9.17, 15) is 4.79 Å². The predicted molar refractivity (Wildman–Crippen MR) is 80.3 cm³/mol. The van der Waals surface area contributed by atoms with Crippen molar-refractivity contribution < 1.29 is 0 Å². The monoisotopic (exact) mass is 325 g/mol. The summed E-state index contributed by atoms with van der Waals surface area (Å²) in [5.41, 5.74) is 2.58. The molecule has 2 nitrogen and oxygen atoms in total. The fraction of sp³-hybridized carbons (Fsp3) is 0.214. The zero-order valence-electron chi connectivity index (χ0n) is 10.2. The topological polar surface area (TPSA) is 32.9 Å². The van der Waals surface area contributed by atoms with Crippen molar-refractivity contribution >= 4 is 38.4 Å².